The van der Waals surface area contributed by atoms with Crippen molar-refractivity contribution in [1.82, 2.24) is 4.90 Å². The van der Waals surface area contributed by atoms with Crippen LogP contribution in [0.2, 0.25) is 0 Å². The van der Waals surface area contributed by atoms with Crippen LogP contribution in [0.5, 0.6) is 0 Å². The van der Waals surface area contributed by atoms with Crippen LogP contribution < -0.4 is 11.5 Å². The minimum absolute atomic E-state index is 0.184. The molecule has 0 amide bonds. The number of rotatable bonds is 0. The summed E-state index contributed by atoms with van der Waals surface area (Å²) < 4.78 is 0. The standard InChI is InChI=1S/C6H15N3/c1-9-3-2-5(7)6(8)4-9/h5-6H,2-4,7-8H2,1H3. The zero-order valence-corrected chi connectivity index (χ0v) is 5.88. The lowest BCUT2D eigenvalue weighted by Crippen LogP contribution is -2.53. The minimum Gasteiger partial charge on any atom is -0.326 e. The van der Waals surface area contributed by atoms with E-state index in [1.807, 2.05) is 0 Å². The average Bonchev–Trinajstić information content (AvgIpc) is 1.80. The number of hydrogen-bond donors (Lipinski definition) is 2. The molecule has 0 aromatic carbocycles. The number of piperidine rings is 1. The molecule has 0 saturated carbocycles. The molecule has 0 spiro atoms. The maximum Gasteiger partial charge on any atom is 0.0322 e. The third kappa shape index (κ3) is 1.64. The van der Waals surface area contributed by atoms with E-state index in [-0.39, 0.29) is 12.1 Å². The van der Waals surface area contributed by atoms with Crippen molar-refractivity contribution in [2.24, 2.45) is 11.5 Å². The molecule has 1 aliphatic heterocycles. The van der Waals surface area contributed by atoms with E-state index in [0.29, 0.717) is 0 Å². The Morgan fingerprint density at radius 3 is 2.44 bits per heavy atom. The summed E-state index contributed by atoms with van der Waals surface area (Å²) in [5, 5.41) is 0. The van der Waals surface area contributed by atoms with Crippen LogP contribution in [0.4, 0.5) is 0 Å². The molecule has 3 nitrogen and oxygen atoms in total. The van der Waals surface area contributed by atoms with Gasteiger partial charge in [0.1, 0.15) is 0 Å². The molecule has 1 heterocycles. The summed E-state index contributed by atoms with van der Waals surface area (Å²) in [4.78, 5) is 2.22. The van der Waals surface area contributed by atoms with E-state index in [1.54, 1.807) is 0 Å². The molecule has 1 saturated heterocycles. The molecule has 1 fully saturated rings. The number of likely N-dealkylation sites (N-methyl/N-ethyl adjacent to an activating group) is 1. The molecular formula is C6H15N3. The van der Waals surface area contributed by atoms with Crippen molar-refractivity contribution in [1.29, 1.82) is 0 Å². The SMILES string of the molecule is CN1CCC(N)C(N)C1. The lowest BCUT2D eigenvalue weighted by molar-refractivity contribution is 0.229. The van der Waals surface area contributed by atoms with E-state index in [2.05, 4.69) is 11.9 Å². The van der Waals surface area contributed by atoms with Crippen molar-refractivity contribution in [2.75, 3.05) is 20.1 Å². The Balaban J connectivity index is 2.35. The summed E-state index contributed by atoms with van der Waals surface area (Å²) in [6.07, 6.45) is 1.04. The van der Waals surface area contributed by atoms with E-state index in [0.717, 1.165) is 19.5 Å². The normalized spacial score (nSPS) is 39.0. The van der Waals surface area contributed by atoms with Crippen LogP contribution in [0, 0.1) is 0 Å². The molecule has 1 rings (SSSR count). The van der Waals surface area contributed by atoms with Gasteiger partial charge < -0.3 is 16.4 Å². The fourth-order valence-corrected chi connectivity index (χ4v) is 1.17. The first-order valence-electron chi connectivity index (χ1n) is 3.40. The minimum atomic E-state index is 0.184. The lowest BCUT2D eigenvalue weighted by Gasteiger charge is -2.31. The number of hydrogen-bond acceptors (Lipinski definition) is 3. The van der Waals surface area contributed by atoms with Crippen molar-refractivity contribution >= 4 is 0 Å². The van der Waals surface area contributed by atoms with E-state index in [9.17, 15) is 0 Å². The molecule has 2 atom stereocenters. The van der Waals surface area contributed by atoms with Crippen molar-refractivity contribution in [3.63, 3.8) is 0 Å². The highest BCUT2D eigenvalue weighted by atomic mass is 15.1. The van der Waals surface area contributed by atoms with Crippen LogP contribution in [0.1, 0.15) is 6.42 Å². The van der Waals surface area contributed by atoms with Gasteiger partial charge in [0.2, 0.25) is 0 Å². The Hall–Kier alpha value is -0.120. The van der Waals surface area contributed by atoms with Crippen LogP contribution in [0.25, 0.3) is 0 Å². The topological polar surface area (TPSA) is 55.3 Å². The largest absolute Gasteiger partial charge is 0.326 e. The highest BCUT2D eigenvalue weighted by Crippen LogP contribution is 2.03. The van der Waals surface area contributed by atoms with Crippen molar-refractivity contribution in [2.45, 2.75) is 18.5 Å². The Bertz CT molecular complexity index is 94.3. The summed E-state index contributed by atoms with van der Waals surface area (Å²) in [6.45, 7) is 2.04. The second kappa shape index (κ2) is 2.64. The van der Waals surface area contributed by atoms with E-state index in [1.165, 1.54) is 0 Å². The van der Waals surface area contributed by atoms with Gasteiger partial charge in [-0.3, -0.25) is 0 Å². The second-order valence-corrected chi connectivity index (χ2v) is 2.88. The van der Waals surface area contributed by atoms with E-state index >= 15 is 0 Å². The quantitative estimate of drug-likeness (QED) is 0.440. The van der Waals surface area contributed by atoms with Crippen molar-refractivity contribution in [3.8, 4) is 0 Å². The number of likely N-dealkylation sites (tertiary alicyclic amines) is 1. The first kappa shape index (κ1) is 6.99. The van der Waals surface area contributed by atoms with Crippen LogP contribution in [-0.4, -0.2) is 37.1 Å². The van der Waals surface area contributed by atoms with Crippen LogP contribution >= 0.6 is 0 Å². The molecule has 0 aromatic rings. The molecule has 0 aromatic heterocycles. The highest BCUT2D eigenvalue weighted by Gasteiger charge is 2.20. The van der Waals surface area contributed by atoms with Crippen LogP contribution in [0.3, 0.4) is 0 Å². The molecule has 54 valence electrons. The lowest BCUT2D eigenvalue weighted by atomic mass is 10.0. The van der Waals surface area contributed by atoms with E-state index in [4.69, 9.17) is 11.5 Å². The van der Waals surface area contributed by atoms with Gasteiger partial charge in [0.15, 0.2) is 0 Å². The van der Waals surface area contributed by atoms with Gasteiger partial charge in [-0.25, -0.2) is 0 Å². The second-order valence-electron chi connectivity index (χ2n) is 2.88. The molecule has 9 heavy (non-hydrogen) atoms. The average molecular weight is 129 g/mol. The summed E-state index contributed by atoms with van der Waals surface area (Å²) in [5.74, 6) is 0. The summed E-state index contributed by atoms with van der Waals surface area (Å²) in [5.41, 5.74) is 11.4. The number of nitrogens with two attached hydrogens (primary N) is 2. The van der Waals surface area contributed by atoms with E-state index < -0.39 is 0 Å². The Kier molecular flexibility index (Phi) is 2.05. The molecule has 0 bridgehead atoms. The smallest absolute Gasteiger partial charge is 0.0322 e. The third-order valence-corrected chi connectivity index (χ3v) is 1.92. The fourth-order valence-electron chi connectivity index (χ4n) is 1.17. The third-order valence-electron chi connectivity index (χ3n) is 1.92. The van der Waals surface area contributed by atoms with Gasteiger partial charge in [0, 0.05) is 18.6 Å². The van der Waals surface area contributed by atoms with Gasteiger partial charge in [0.25, 0.3) is 0 Å². The van der Waals surface area contributed by atoms with Gasteiger partial charge in [-0.2, -0.15) is 0 Å². The number of nitrogens with zero attached hydrogens (tertiary/aromatic N) is 1. The Morgan fingerprint density at radius 1 is 1.33 bits per heavy atom. The molecular weight excluding hydrogens is 114 g/mol. The molecule has 2 unspecified atom stereocenters. The van der Waals surface area contributed by atoms with Gasteiger partial charge >= 0.3 is 0 Å². The predicted molar refractivity (Wildman–Crippen MR) is 38.1 cm³/mol. The molecule has 3 heteroatoms. The molecule has 4 N–H and O–H groups in total. The van der Waals surface area contributed by atoms with Gasteiger partial charge in [0.05, 0.1) is 0 Å². The van der Waals surface area contributed by atoms with Gasteiger partial charge in [-0.05, 0) is 20.0 Å². The molecule has 0 radical (unpaired) electrons. The summed E-state index contributed by atoms with van der Waals surface area (Å²) >= 11 is 0. The van der Waals surface area contributed by atoms with Crippen molar-refractivity contribution in [3.05, 3.63) is 0 Å². The van der Waals surface area contributed by atoms with Gasteiger partial charge in [-0.1, -0.05) is 0 Å². The fraction of sp³-hybridized carbons (Fsp3) is 1.00. The first-order valence-corrected chi connectivity index (χ1v) is 3.40. The van der Waals surface area contributed by atoms with Crippen molar-refractivity contribution < 1.29 is 0 Å². The summed E-state index contributed by atoms with van der Waals surface area (Å²) in [7, 11) is 2.08. The van der Waals surface area contributed by atoms with Gasteiger partial charge in [-0.15, -0.1) is 0 Å². The molecule has 0 aliphatic carbocycles. The van der Waals surface area contributed by atoms with Crippen LogP contribution in [-0.2, 0) is 0 Å². The molecule has 1 aliphatic rings. The summed E-state index contributed by atoms with van der Waals surface area (Å²) in [6, 6.07) is 0.407. The first-order chi connectivity index (χ1) is 4.20. The highest BCUT2D eigenvalue weighted by molar-refractivity contribution is 4.83. The van der Waals surface area contributed by atoms with Crippen LogP contribution in [0.15, 0.2) is 0 Å². The zero-order valence-electron chi connectivity index (χ0n) is 5.88. The maximum atomic E-state index is 5.70. The Morgan fingerprint density at radius 2 is 2.00 bits per heavy atom. The Labute approximate surface area is 56.0 Å². The predicted octanol–water partition coefficient (Wildman–Crippen LogP) is -1.02. The monoisotopic (exact) mass is 129 g/mol. The maximum absolute atomic E-state index is 5.70. The zero-order chi connectivity index (χ0) is 6.85.